The summed E-state index contributed by atoms with van der Waals surface area (Å²) in [4.78, 5) is 22.5. The minimum absolute atomic E-state index is 0.137. The first-order valence-corrected chi connectivity index (χ1v) is 7.01. The number of urea groups is 1. The van der Waals surface area contributed by atoms with Gasteiger partial charge < -0.3 is 20.5 Å². The van der Waals surface area contributed by atoms with Gasteiger partial charge in [0.15, 0.2) is 6.61 Å². The largest absolute Gasteiger partial charge is 0.482 e. The van der Waals surface area contributed by atoms with Crippen LogP contribution in [-0.2, 0) is 4.79 Å². The van der Waals surface area contributed by atoms with E-state index in [9.17, 15) is 9.59 Å². The molecule has 0 saturated heterocycles. The van der Waals surface area contributed by atoms with E-state index >= 15 is 0 Å². The first-order valence-electron chi connectivity index (χ1n) is 7.01. The number of hydrogen-bond donors (Lipinski definition) is 3. The predicted octanol–water partition coefficient (Wildman–Crippen LogP) is 2.60. The summed E-state index contributed by atoms with van der Waals surface area (Å²) >= 11 is 0. The van der Waals surface area contributed by atoms with Crippen molar-refractivity contribution < 1.29 is 19.4 Å². The van der Waals surface area contributed by atoms with Crippen LogP contribution in [0.5, 0.6) is 5.75 Å². The number of carboxylic acids is 1. The van der Waals surface area contributed by atoms with Crippen LogP contribution in [-0.4, -0.2) is 29.3 Å². The highest BCUT2D eigenvalue weighted by molar-refractivity contribution is 5.90. The lowest BCUT2D eigenvalue weighted by molar-refractivity contribution is -0.139. The molecule has 6 heteroatoms. The van der Waals surface area contributed by atoms with Crippen LogP contribution in [0, 0.1) is 0 Å². The van der Waals surface area contributed by atoms with Gasteiger partial charge in [0.05, 0.1) is 0 Å². The van der Waals surface area contributed by atoms with Gasteiger partial charge in [0.2, 0.25) is 0 Å². The lowest BCUT2D eigenvalue weighted by Crippen LogP contribution is -2.45. The second kappa shape index (κ2) is 6.47. The Labute approximate surface area is 123 Å². The second-order valence-corrected chi connectivity index (χ2v) is 5.56. The van der Waals surface area contributed by atoms with Crippen LogP contribution >= 0.6 is 0 Å². The van der Waals surface area contributed by atoms with Gasteiger partial charge in [-0.1, -0.05) is 18.9 Å². The SMILES string of the molecule is CC1(NC(=O)Nc2cccc(OCC(=O)O)c2)CCCC1. The molecule has 1 aromatic carbocycles. The molecule has 6 nitrogen and oxygen atoms in total. The molecule has 0 heterocycles. The van der Waals surface area contributed by atoms with E-state index in [-0.39, 0.29) is 11.6 Å². The summed E-state index contributed by atoms with van der Waals surface area (Å²) in [5.74, 6) is -0.637. The zero-order chi connectivity index (χ0) is 15.3. The summed E-state index contributed by atoms with van der Waals surface area (Å²) in [5.41, 5.74) is 0.429. The number of carboxylic acid groups (broad SMARTS) is 1. The first-order chi connectivity index (χ1) is 9.97. The summed E-state index contributed by atoms with van der Waals surface area (Å²) in [6.07, 6.45) is 4.24. The second-order valence-electron chi connectivity index (χ2n) is 5.56. The fourth-order valence-corrected chi connectivity index (χ4v) is 2.53. The zero-order valence-electron chi connectivity index (χ0n) is 12.0. The van der Waals surface area contributed by atoms with Crippen molar-refractivity contribution in [2.45, 2.75) is 38.1 Å². The summed E-state index contributed by atoms with van der Waals surface area (Å²) in [5, 5.41) is 14.3. The Morgan fingerprint density at radius 1 is 1.33 bits per heavy atom. The molecular weight excluding hydrogens is 272 g/mol. The maximum absolute atomic E-state index is 12.0. The summed E-state index contributed by atoms with van der Waals surface area (Å²) < 4.78 is 5.07. The molecule has 1 aliphatic rings. The van der Waals surface area contributed by atoms with Crippen molar-refractivity contribution in [1.29, 1.82) is 0 Å². The number of rotatable bonds is 5. The third-order valence-electron chi connectivity index (χ3n) is 3.58. The Balaban J connectivity index is 1.91. The Kier molecular flexibility index (Phi) is 4.67. The number of benzene rings is 1. The van der Waals surface area contributed by atoms with Crippen molar-refractivity contribution >= 4 is 17.7 Å². The third-order valence-corrected chi connectivity index (χ3v) is 3.58. The van der Waals surface area contributed by atoms with E-state index in [0.29, 0.717) is 11.4 Å². The fraction of sp³-hybridized carbons (Fsp3) is 0.467. The van der Waals surface area contributed by atoms with Gasteiger partial charge in [0.25, 0.3) is 0 Å². The molecule has 0 bridgehead atoms. The Morgan fingerprint density at radius 2 is 2.05 bits per heavy atom. The van der Waals surface area contributed by atoms with Crippen molar-refractivity contribution in [3.63, 3.8) is 0 Å². The van der Waals surface area contributed by atoms with E-state index in [4.69, 9.17) is 9.84 Å². The van der Waals surface area contributed by atoms with Crippen LogP contribution < -0.4 is 15.4 Å². The van der Waals surface area contributed by atoms with Gasteiger partial charge in [-0.3, -0.25) is 0 Å². The average Bonchev–Trinajstić information content (AvgIpc) is 2.83. The van der Waals surface area contributed by atoms with Crippen LogP contribution in [0.25, 0.3) is 0 Å². The van der Waals surface area contributed by atoms with E-state index in [1.54, 1.807) is 24.3 Å². The standard InChI is InChI=1S/C15H20N2O4/c1-15(7-2-3-8-15)17-14(20)16-11-5-4-6-12(9-11)21-10-13(18)19/h4-6,9H,2-3,7-8,10H2,1H3,(H,18,19)(H2,16,17,20). The van der Waals surface area contributed by atoms with E-state index < -0.39 is 12.6 Å². The first kappa shape index (κ1) is 15.2. The average molecular weight is 292 g/mol. The molecule has 0 radical (unpaired) electrons. The highest BCUT2D eigenvalue weighted by atomic mass is 16.5. The number of nitrogens with one attached hydrogen (secondary N) is 2. The van der Waals surface area contributed by atoms with Crippen LogP contribution in [0.3, 0.4) is 0 Å². The van der Waals surface area contributed by atoms with Crippen molar-refractivity contribution in [1.82, 2.24) is 5.32 Å². The molecule has 0 aromatic heterocycles. The van der Waals surface area contributed by atoms with E-state index in [1.807, 2.05) is 6.92 Å². The lowest BCUT2D eigenvalue weighted by Gasteiger charge is -2.25. The number of aliphatic carboxylic acids is 1. The van der Waals surface area contributed by atoms with E-state index in [1.165, 1.54) is 0 Å². The summed E-state index contributed by atoms with van der Waals surface area (Å²) in [7, 11) is 0. The molecule has 1 saturated carbocycles. The number of carbonyl (C=O) groups is 2. The smallest absolute Gasteiger partial charge is 0.341 e. The number of hydrogen-bond acceptors (Lipinski definition) is 3. The van der Waals surface area contributed by atoms with Crippen molar-refractivity contribution in [3.05, 3.63) is 24.3 Å². The predicted molar refractivity (Wildman–Crippen MR) is 78.6 cm³/mol. The van der Waals surface area contributed by atoms with Crippen LogP contribution in [0.1, 0.15) is 32.6 Å². The van der Waals surface area contributed by atoms with Gasteiger partial charge in [0, 0.05) is 17.3 Å². The fourth-order valence-electron chi connectivity index (χ4n) is 2.53. The maximum Gasteiger partial charge on any atom is 0.341 e. The number of amides is 2. The van der Waals surface area contributed by atoms with E-state index in [2.05, 4.69) is 10.6 Å². The minimum Gasteiger partial charge on any atom is -0.482 e. The molecule has 2 rings (SSSR count). The van der Waals surface area contributed by atoms with E-state index in [0.717, 1.165) is 25.7 Å². The molecule has 3 N–H and O–H groups in total. The highest BCUT2D eigenvalue weighted by Crippen LogP contribution is 2.29. The van der Waals surface area contributed by atoms with Crippen molar-refractivity contribution in [3.8, 4) is 5.75 Å². The van der Waals surface area contributed by atoms with Crippen LogP contribution in [0.15, 0.2) is 24.3 Å². The van der Waals surface area contributed by atoms with Gasteiger partial charge in [0.1, 0.15) is 5.75 Å². The number of ether oxygens (including phenoxy) is 1. The lowest BCUT2D eigenvalue weighted by atomic mass is 10.0. The minimum atomic E-state index is -1.04. The summed E-state index contributed by atoms with van der Waals surface area (Å²) in [6, 6.07) is 6.41. The molecule has 0 atom stereocenters. The Morgan fingerprint density at radius 3 is 2.71 bits per heavy atom. The zero-order valence-corrected chi connectivity index (χ0v) is 12.0. The van der Waals surface area contributed by atoms with Crippen LogP contribution in [0.2, 0.25) is 0 Å². The molecule has 0 aliphatic heterocycles. The highest BCUT2D eigenvalue weighted by Gasteiger charge is 2.30. The third kappa shape index (κ3) is 4.66. The van der Waals surface area contributed by atoms with Gasteiger partial charge in [-0.2, -0.15) is 0 Å². The normalized spacial score (nSPS) is 16.2. The quantitative estimate of drug-likeness (QED) is 0.778. The molecular formula is C15H20N2O4. The molecule has 114 valence electrons. The number of carbonyl (C=O) groups excluding carboxylic acids is 1. The molecule has 0 spiro atoms. The Hall–Kier alpha value is -2.24. The van der Waals surface area contributed by atoms with Crippen LogP contribution in [0.4, 0.5) is 10.5 Å². The molecule has 0 unspecified atom stereocenters. The topological polar surface area (TPSA) is 87.7 Å². The maximum atomic E-state index is 12.0. The van der Waals surface area contributed by atoms with Gasteiger partial charge in [-0.05, 0) is 31.9 Å². The molecule has 1 fully saturated rings. The number of anilines is 1. The molecule has 2 amide bonds. The molecule has 21 heavy (non-hydrogen) atoms. The molecule has 1 aliphatic carbocycles. The van der Waals surface area contributed by atoms with Gasteiger partial charge in [-0.15, -0.1) is 0 Å². The van der Waals surface area contributed by atoms with Crippen molar-refractivity contribution in [2.24, 2.45) is 0 Å². The van der Waals surface area contributed by atoms with Crippen molar-refractivity contribution in [2.75, 3.05) is 11.9 Å². The van der Waals surface area contributed by atoms with Gasteiger partial charge in [-0.25, -0.2) is 9.59 Å². The Bertz CT molecular complexity index is 524. The van der Waals surface area contributed by atoms with Gasteiger partial charge >= 0.3 is 12.0 Å². The summed E-state index contributed by atoms with van der Waals surface area (Å²) in [6.45, 7) is 1.64. The molecule has 1 aromatic rings. The monoisotopic (exact) mass is 292 g/mol.